The molecule has 1 saturated heterocycles. The van der Waals surface area contributed by atoms with Gasteiger partial charge in [-0.05, 0) is 25.8 Å². The van der Waals surface area contributed by atoms with E-state index >= 15 is 0 Å². The molecule has 0 aromatic carbocycles. The number of hydrogen-bond donors (Lipinski definition) is 1. The highest BCUT2D eigenvalue weighted by Gasteiger charge is 2.15. The minimum Gasteiger partial charge on any atom is -0.379 e. The molecule has 20 heavy (non-hydrogen) atoms. The highest BCUT2D eigenvalue weighted by atomic mass is 16.5. The fourth-order valence-corrected chi connectivity index (χ4v) is 2.47. The lowest BCUT2D eigenvalue weighted by Gasteiger charge is -2.23. The first kappa shape index (κ1) is 13.1. The summed E-state index contributed by atoms with van der Waals surface area (Å²) in [6, 6.07) is 2.21. The summed E-state index contributed by atoms with van der Waals surface area (Å²) in [6.45, 7) is 3.56. The Morgan fingerprint density at radius 2 is 2.35 bits per heavy atom. The predicted molar refractivity (Wildman–Crippen MR) is 76.4 cm³/mol. The van der Waals surface area contributed by atoms with Crippen molar-refractivity contribution in [3.8, 4) is 11.3 Å². The molecule has 0 saturated carbocycles. The molecule has 1 aliphatic heterocycles. The number of aromatic nitrogens is 4. The van der Waals surface area contributed by atoms with Gasteiger partial charge < -0.3 is 10.1 Å². The summed E-state index contributed by atoms with van der Waals surface area (Å²) in [5.41, 5.74) is 2.90. The number of anilines is 1. The predicted octanol–water partition coefficient (Wildman–Crippen LogP) is 1.78. The minimum absolute atomic E-state index is 0.300. The molecule has 3 rings (SSSR count). The van der Waals surface area contributed by atoms with Crippen molar-refractivity contribution in [1.29, 1.82) is 0 Å². The molecule has 1 aliphatic rings. The summed E-state index contributed by atoms with van der Waals surface area (Å²) in [6.07, 6.45) is 5.94. The molecule has 2 aromatic heterocycles. The molecule has 0 amide bonds. The second-order valence-corrected chi connectivity index (χ2v) is 5.13. The van der Waals surface area contributed by atoms with Crippen LogP contribution in [0.25, 0.3) is 11.3 Å². The van der Waals surface area contributed by atoms with Crippen LogP contribution < -0.4 is 5.32 Å². The third-order valence-corrected chi connectivity index (χ3v) is 3.44. The average Bonchev–Trinajstić information content (AvgIpc) is 2.79. The van der Waals surface area contributed by atoms with Crippen molar-refractivity contribution in [2.75, 3.05) is 18.5 Å². The third kappa shape index (κ3) is 2.80. The number of aryl methyl sites for hydroxylation is 2. The van der Waals surface area contributed by atoms with Gasteiger partial charge in [0.2, 0.25) is 5.95 Å². The van der Waals surface area contributed by atoms with Crippen molar-refractivity contribution in [3.05, 3.63) is 24.2 Å². The molecule has 106 valence electrons. The quantitative estimate of drug-likeness (QED) is 0.923. The van der Waals surface area contributed by atoms with E-state index in [0.717, 1.165) is 43.0 Å². The SMILES string of the molecule is Cc1nn(C)cc1-c1ccnc(N[C@@H]2CCCOC2)n1. The van der Waals surface area contributed by atoms with E-state index < -0.39 is 0 Å². The molecular formula is C14H19N5O. The molecule has 1 fully saturated rings. The molecular weight excluding hydrogens is 254 g/mol. The van der Waals surface area contributed by atoms with Crippen LogP contribution in [0.15, 0.2) is 18.5 Å². The molecule has 0 radical (unpaired) electrons. The molecule has 1 N–H and O–H groups in total. The van der Waals surface area contributed by atoms with Gasteiger partial charge in [0, 0.05) is 31.6 Å². The van der Waals surface area contributed by atoms with Crippen LogP contribution in [0.3, 0.4) is 0 Å². The zero-order valence-corrected chi connectivity index (χ0v) is 11.8. The number of nitrogens with zero attached hydrogens (tertiary/aromatic N) is 4. The van der Waals surface area contributed by atoms with Crippen LogP contribution in [-0.2, 0) is 11.8 Å². The van der Waals surface area contributed by atoms with E-state index in [2.05, 4.69) is 20.4 Å². The Kier molecular flexibility index (Phi) is 3.64. The molecule has 0 spiro atoms. The van der Waals surface area contributed by atoms with Crippen LogP contribution in [0.5, 0.6) is 0 Å². The number of rotatable bonds is 3. The van der Waals surface area contributed by atoms with Crippen LogP contribution in [0.4, 0.5) is 5.95 Å². The van der Waals surface area contributed by atoms with E-state index in [1.807, 2.05) is 26.2 Å². The Hall–Kier alpha value is -1.95. The normalized spacial score (nSPS) is 19.0. The van der Waals surface area contributed by atoms with Gasteiger partial charge in [-0.2, -0.15) is 5.10 Å². The van der Waals surface area contributed by atoms with E-state index in [0.29, 0.717) is 12.0 Å². The van der Waals surface area contributed by atoms with Gasteiger partial charge in [0.1, 0.15) is 0 Å². The maximum Gasteiger partial charge on any atom is 0.223 e. The summed E-state index contributed by atoms with van der Waals surface area (Å²) in [5.74, 6) is 0.654. The zero-order valence-electron chi connectivity index (χ0n) is 11.8. The van der Waals surface area contributed by atoms with Crippen molar-refractivity contribution in [1.82, 2.24) is 19.7 Å². The molecule has 1 atom stereocenters. The largest absolute Gasteiger partial charge is 0.379 e. The van der Waals surface area contributed by atoms with Crippen molar-refractivity contribution in [2.24, 2.45) is 7.05 Å². The summed E-state index contributed by atoms with van der Waals surface area (Å²) in [7, 11) is 1.91. The van der Waals surface area contributed by atoms with Crippen molar-refractivity contribution in [3.63, 3.8) is 0 Å². The van der Waals surface area contributed by atoms with Crippen LogP contribution >= 0.6 is 0 Å². The third-order valence-electron chi connectivity index (χ3n) is 3.44. The van der Waals surface area contributed by atoms with Crippen LogP contribution in [0.1, 0.15) is 18.5 Å². The Labute approximate surface area is 118 Å². The van der Waals surface area contributed by atoms with Crippen molar-refractivity contribution < 1.29 is 4.74 Å². The number of ether oxygens (including phenoxy) is 1. The molecule has 0 unspecified atom stereocenters. The van der Waals surface area contributed by atoms with E-state index in [1.54, 1.807) is 10.9 Å². The highest BCUT2D eigenvalue weighted by molar-refractivity contribution is 5.61. The van der Waals surface area contributed by atoms with Gasteiger partial charge in [0.25, 0.3) is 0 Å². The van der Waals surface area contributed by atoms with Gasteiger partial charge in [-0.25, -0.2) is 9.97 Å². The van der Waals surface area contributed by atoms with E-state index in [-0.39, 0.29) is 0 Å². The molecule has 6 nitrogen and oxygen atoms in total. The maximum atomic E-state index is 5.46. The maximum absolute atomic E-state index is 5.46. The van der Waals surface area contributed by atoms with E-state index in [9.17, 15) is 0 Å². The topological polar surface area (TPSA) is 64.9 Å². The van der Waals surface area contributed by atoms with E-state index in [1.165, 1.54) is 0 Å². The highest BCUT2D eigenvalue weighted by Crippen LogP contribution is 2.21. The fraction of sp³-hybridized carbons (Fsp3) is 0.500. The lowest BCUT2D eigenvalue weighted by Crippen LogP contribution is -2.30. The van der Waals surface area contributed by atoms with Gasteiger partial charge in [-0.15, -0.1) is 0 Å². The van der Waals surface area contributed by atoms with Crippen LogP contribution in [0.2, 0.25) is 0 Å². The van der Waals surface area contributed by atoms with Crippen molar-refractivity contribution in [2.45, 2.75) is 25.8 Å². The molecule has 0 aliphatic carbocycles. The number of nitrogens with one attached hydrogen (secondary N) is 1. The molecule has 0 bridgehead atoms. The van der Waals surface area contributed by atoms with Crippen molar-refractivity contribution >= 4 is 5.95 Å². The summed E-state index contributed by atoms with van der Waals surface area (Å²) >= 11 is 0. The van der Waals surface area contributed by atoms with Gasteiger partial charge >= 0.3 is 0 Å². The van der Waals surface area contributed by atoms with Gasteiger partial charge in [0.15, 0.2) is 0 Å². The fourth-order valence-electron chi connectivity index (χ4n) is 2.47. The van der Waals surface area contributed by atoms with E-state index in [4.69, 9.17) is 4.74 Å². The Bertz CT molecular complexity index is 589. The lowest BCUT2D eigenvalue weighted by molar-refractivity contribution is 0.0874. The average molecular weight is 273 g/mol. The monoisotopic (exact) mass is 273 g/mol. The first-order chi connectivity index (χ1) is 9.72. The van der Waals surface area contributed by atoms with Gasteiger partial charge in [0.05, 0.1) is 24.0 Å². The second kappa shape index (κ2) is 5.58. The first-order valence-electron chi connectivity index (χ1n) is 6.90. The smallest absolute Gasteiger partial charge is 0.223 e. The second-order valence-electron chi connectivity index (χ2n) is 5.13. The summed E-state index contributed by atoms with van der Waals surface area (Å²) < 4.78 is 7.26. The van der Waals surface area contributed by atoms with Crippen LogP contribution in [0, 0.1) is 6.92 Å². The van der Waals surface area contributed by atoms with Gasteiger partial charge in [-0.3, -0.25) is 4.68 Å². The van der Waals surface area contributed by atoms with Crippen LogP contribution in [-0.4, -0.2) is 39.0 Å². The first-order valence-corrected chi connectivity index (χ1v) is 6.90. The number of hydrogen-bond acceptors (Lipinski definition) is 5. The zero-order chi connectivity index (χ0) is 13.9. The minimum atomic E-state index is 0.300. The summed E-state index contributed by atoms with van der Waals surface area (Å²) in [5, 5.41) is 7.69. The molecule has 6 heteroatoms. The Balaban J connectivity index is 1.80. The Morgan fingerprint density at radius 1 is 1.45 bits per heavy atom. The molecule has 3 heterocycles. The standard InChI is InChI=1S/C14H19N5O/c1-10-12(8-19(2)18-10)13-5-6-15-14(17-13)16-11-4-3-7-20-9-11/h5-6,8,11H,3-4,7,9H2,1-2H3,(H,15,16,17)/t11-/m1/s1. The summed E-state index contributed by atoms with van der Waals surface area (Å²) in [4.78, 5) is 8.87. The molecule has 2 aromatic rings. The Morgan fingerprint density at radius 3 is 3.05 bits per heavy atom. The lowest BCUT2D eigenvalue weighted by atomic mass is 10.1. The van der Waals surface area contributed by atoms with Gasteiger partial charge in [-0.1, -0.05) is 0 Å².